The predicted molar refractivity (Wildman–Crippen MR) is 54.0 cm³/mol. The van der Waals surface area contributed by atoms with Crippen LogP contribution in [0, 0.1) is 5.92 Å². The van der Waals surface area contributed by atoms with Crippen molar-refractivity contribution in [1.82, 2.24) is 9.97 Å². The molecule has 6 nitrogen and oxygen atoms in total. The first-order chi connectivity index (χ1) is 7.20. The minimum absolute atomic E-state index is 0.00584. The van der Waals surface area contributed by atoms with Gasteiger partial charge >= 0.3 is 0 Å². The lowest BCUT2D eigenvalue weighted by atomic mass is 10.1. The van der Waals surface area contributed by atoms with Crippen molar-refractivity contribution >= 4 is 17.5 Å². The number of aliphatic hydroxyl groups excluding tert-OH is 1. The van der Waals surface area contributed by atoms with E-state index in [1.807, 2.05) is 0 Å². The fourth-order valence-corrected chi connectivity index (χ4v) is 1.63. The lowest BCUT2D eigenvalue weighted by molar-refractivity contribution is -0.117. The second-order valence-electron chi connectivity index (χ2n) is 3.56. The van der Waals surface area contributed by atoms with E-state index in [2.05, 4.69) is 9.97 Å². The molecule has 0 bridgehead atoms. The van der Waals surface area contributed by atoms with Crippen LogP contribution in [0.4, 0.5) is 11.6 Å². The number of anilines is 2. The van der Waals surface area contributed by atoms with Gasteiger partial charge in [0, 0.05) is 31.6 Å². The third-order valence-electron chi connectivity index (χ3n) is 2.41. The molecule has 15 heavy (non-hydrogen) atoms. The van der Waals surface area contributed by atoms with E-state index in [9.17, 15) is 4.79 Å². The van der Waals surface area contributed by atoms with Crippen LogP contribution in [0.2, 0.25) is 0 Å². The monoisotopic (exact) mass is 208 g/mol. The number of nitrogens with zero attached hydrogens (tertiary/aromatic N) is 3. The van der Waals surface area contributed by atoms with E-state index < -0.39 is 0 Å². The summed E-state index contributed by atoms with van der Waals surface area (Å²) in [6.07, 6.45) is 1.69. The van der Waals surface area contributed by atoms with Crippen molar-refractivity contribution in [2.24, 2.45) is 5.92 Å². The highest BCUT2D eigenvalue weighted by Crippen LogP contribution is 2.23. The van der Waals surface area contributed by atoms with Crippen LogP contribution >= 0.6 is 0 Å². The van der Waals surface area contributed by atoms with Crippen molar-refractivity contribution in [3.8, 4) is 0 Å². The minimum atomic E-state index is -0.0350. The number of nitrogens with two attached hydrogens (primary N) is 1. The smallest absolute Gasteiger partial charge is 0.228 e. The number of rotatable bonds is 2. The molecule has 1 saturated heterocycles. The van der Waals surface area contributed by atoms with Crippen LogP contribution < -0.4 is 10.6 Å². The maximum atomic E-state index is 11.6. The molecule has 2 rings (SSSR count). The van der Waals surface area contributed by atoms with Gasteiger partial charge in [0.05, 0.1) is 0 Å². The molecular formula is C9H12N4O2. The van der Waals surface area contributed by atoms with Crippen molar-refractivity contribution in [2.75, 3.05) is 23.8 Å². The standard InChI is InChI=1S/C9H12N4O2/c10-7-2-8(12-5-11-7)13-3-6(4-14)1-9(13)15/h2,5-6,14H,1,3-4H2,(H2,10,11,12). The quantitative estimate of drug-likeness (QED) is 0.677. The van der Waals surface area contributed by atoms with E-state index >= 15 is 0 Å². The van der Waals surface area contributed by atoms with Gasteiger partial charge < -0.3 is 10.8 Å². The molecule has 1 amide bonds. The number of amides is 1. The van der Waals surface area contributed by atoms with E-state index in [4.69, 9.17) is 10.8 Å². The van der Waals surface area contributed by atoms with Crippen molar-refractivity contribution in [3.63, 3.8) is 0 Å². The Morgan fingerprint density at radius 1 is 1.60 bits per heavy atom. The lowest BCUT2D eigenvalue weighted by Crippen LogP contribution is -2.26. The van der Waals surface area contributed by atoms with Gasteiger partial charge in [-0.1, -0.05) is 0 Å². The highest BCUT2D eigenvalue weighted by atomic mass is 16.3. The van der Waals surface area contributed by atoms with Gasteiger partial charge in [-0.2, -0.15) is 0 Å². The zero-order chi connectivity index (χ0) is 10.8. The molecule has 0 saturated carbocycles. The van der Waals surface area contributed by atoms with Crippen LogP contribution in [0.15, 0.2) is 12.4 Å². The van der Waals surface area contributed by atoms with Gasteiger partial charge in [0.1, 0.15) is 18.0 Å². The third-order valence-corrected chi connectivity index (χ3v) is 2.41. The summed E-state index contributed by atoms with van der Waals surface area (Å²) in [6.45, 7) is 0.509. The molecule has 1 aliphatic heterocycles. The van der Waals surface area contributed by atoms with Crippen molar-refractivity contribution < 1.29 is 9.90 Å². The second-order valence-corrected chi connectivity index (χ2v) is 3.56. The number of aliphatic hydroxyl groups is 1. The van der Waals surface area contributed by atoms with E-state index in [-0.39, 0.29) is 18.4 Å². The summed E-state index contributed by atoms with van der Waals surface area (Å²) in [7, 11) is 0. The Labute approximate surface area is 86.7 Å². The molecule has 1 aromatic rings. The van der Waals surface area contributed by atoms with Crippen LogP contribution in [0.5, 0.6) is 0 Å². The highest BCUT2D eigenvalue weighted by molar-refractivity contribution is 5.95. The largest absolute Gasteiger partial charge is 0.396 e. The van der Waals surface area contributed by atoms with E-state index in [0.717, 1.165) is 0 Å². The van der Waals surface area contributed by atoms with Crippen molar-refractivity contribution in [2.45, 2.75) is 6.42 Å². The SMILES string of the molecule is Nc1cc(N2CC(CO)CC2=O)ncn1. The van der Waals surface area contributed by atoms with E-state index in [0.29, 0.717) is 24.6 Å². The van der Waals surface area contributed by atoms with Gasteiger partial charge in [0.15, 0.2) is 0 Å². The summed E-state index contributed by atoms with van der Waals surface area (Å²) in [4.78, 5) is 20.8. The molecule has 0 radical (unpaired) electrons. The van der Waals surface area contributed by atoms with Gasteiger partial charge in [-0.3, -0.25) is 9.69 Å². The Hall–Kier alpha value is -1.69. The minimum Gasteiger partial charge on any atom is -0.396 e. The summed E-state index contributed by atoms with van der Waals surface area (Å²) in [6, 6.07) is 1.55. The predicted octanol–water partition coefficient (Wildman–Crippen LogP) is -0.596. The number of hydrogen-bond acceptors (Lipinski definition) is 5. The molecule has 1 aromatic heterocycles. The number of carbonyl (C=O) groups is 1. The molecular weight excluding hydrogens is 196 g/mol. The van der Waals surface area contributed by atoms with Crippen molar-refractivity contribution in [1.29, 1.82) is 0 Å². The first kappa shape index (κ1) is 9.85. The zero-order valence-corrected chi connectivity index (χ0v) is 8.13. The summed E-state index contributed by atoms with van der Waals surface area (Å²) >= 11 is 0. The maximum Gasteiger partial charge on any atom is 0.228 e. The molecule has 0 aliphatic carbocycles. The summed E-state index contributed by atoms with van der Waals surface area (Å²) < 4.78 is 0. The molecule has 80 valence electrons. The second kappa shape index (κ2) is 3.82. The van der Waals surface area contributed by atoms with Crippen LogP contribution in [0.1, 0.15) is 6.42 Å². The van der Waals surface area contributed by atoms with Gasteiger partial charge in [0.2, 0.25) is 5.91 Å². The summed E-state index contributed by atoms with van der Waals surface area (Å²) in [5.41, 5.74) is 5.50. The molecule has 1 aliphatic rings. The van der Waals surface area contributed by atoms with E-state index in [1.165, 1.54) is 11.2 Å². The highest BCUT2D eigenvalue weighted by Gasteiger charge is 2.30. The average molecular weight is 208 g/mol. The van der Waals surface area contributed by atoms with Crippen molar-refractivity contribution in [3.05, 3.63) is 12.4 Å². The molecule has 3 N–H and O–H groups in total. The molecule has 0 aromatic carbocycles. The van der Waals surface area contributed by atoms with Crippen LogP contribution in [-0.2, 0) is 4.79 Å². The molecule has 6 heteroatoms. The molecule has 2 heterocycles. The van der Waals surface area contributed by atoms with Crippen LogP contribution in [0.3, 0.4) is 0 Å². The van der Waals surface area contributed by atoms with Gasteiger partial charge in [-0.25, -0.2) is 9.97 Å². The molecule has 1 atom stereocenters. The topological polar surface area (TPSA) is 92.3 Å². The Morgan fingerprint density at radius 2 is 2.40 bits per heavy atom. The fraction of sp³-hybridized carbons (Fsp3) is 0.444. The van der Waals surface area contributed by atoms with Gasteiger partial charge in [-0.05, 0) is 0 Å². The summed E-state index contributed by atoms with van der Waals surface area (Å²) in [5.74, 6) is 0.796. The normalized spacial score (nSPS) is 21.0. The number of carbonyl (C=O) groups excluding carboxylic acids is 1. The van der Waals surface area contributed by atoms with Gasteiger partial charge in [0.25, 0.3) is 0 Å². The van der Waals surface area contributed by atoms with Gasteiger partial charge in [-0.15, -0.1) is 0 Å². The Morgan fingerprint density at radius 3 is 3.00 bits per heavy atom. The maximum absolute atomic E-state index is 11.6. The lowest BCUT2D eigenvalue weighted by Gasteiger charge is -2.14. The third kappa shape index (κ3) is 1.89. The fourth-order valence-electron chi connectivity index (χ4n) is 1.63. The zero-order valence-electron chi connectivity index (χ0n) is 8.13. The summed E-state index contributed by atoms with van der Waals surface area (Å²) in [5, 5.41) is 8.97. The Balaban J connectivity index is 2.21. The first-order valence-electron chi connectivity index (χ1n) is 4.69. The first-order valence-corrected chi connectivity index (χ1v) is 4.69. The molecule has 0 spiro atoms. The van der Waals surface area contributed by atoms with Crippen LogP contribution in [0.25, 0.3) is 0 Å². The number of nitrogen functional groups attached to an aromatic ring is 1. The Bertz CT molecular complexity index is 382. The molecule has 1 fully saturated rings. The van der Waals surface area contributed by atoms with Crippen LogP contribution in [-0.4, -0.2) is 34.1 Å². The average Bonchev–Trinajstić information content (AvgIpc) is 2.60. The van der Waals surface area contributed by atoms with E-state index in [1.54, 1.807) is 6.07 Å². The number of hydrogen-bond donors (Lipinski definition) is 2. The molecule has 1 unspecified atom stereocenters. The Kier molecular flexibility index (Phi) is 2.51. The number of aromatic nitrogens is 2.